The van der Waals surface area contributed by atoms with Crippen LogP contribution < -0.4 is 10.6 Å². The number of aryl methyl sites for hydroxylation is 2. The fraction of sp³-hybridized carbons (Fsp3) is 0.389. The molecule has 0 unspecified atom stereocenters. The van der Waals surface area contributed by atoms with Crippen LogP contribution in [-0.4, -0.2) is 33.8 Å². The van der Waals surface area contributed by atoms with Crippen LogP contribution in [0.5, 0.6) is 0 Å². The number of rotatable bonds is 7. The zero-order valence-corrected chi connectivity index (χ0v) is 15.6. The van der Waals surface area contributed by atoms with Crippen molar-refractivity contribution < 1.29 is 4.79 Å². The van der Waals surface area contributed by atoms with Crippen molar-refractivity contribution in [3.8, 4) is 0 Å². The molecule has 7 heteroatoms. The first kappa shape index (κ1) is 17.4. The first-order valence-electron chi connectivity index (χ1n) is 8.40. The lowest BCUT2D eigenvalue weighted by Gasteiger charge is -2.06. The molecule has 3 aromatic rings. The van der Waals surface area contributed by atoms with Crippen molar-refractivity contribution >= 4 is 32.6 Å². The molecule has 0 bridgehead atoms. The molecule has 0 atom stereocenters. The van der Waals surface area contributed by atoms with E-state index in [0.29, 0.717) is 19.5 Å². The number of hydrogen-bond donors (Lipinski definition) is 2. The number of benzene rings is 1. The Morgan fingerprint density at radius 1 is 1.24 bits per heavy atom. The Balaban J connectivity index is 1.40. The molecule has 2 N–H and O–H groups in total. The first-order chi connectivity index (χ1) is 12.0. The molecule has 132 valence electrons. The predicted octanol–water partition coefficient (Wildman–Crippen LogP) is 2.81. The molecule has 1 amide bonds. The van der Waals surface area contributed by atoms with Gasteiger partial charge in [0.25, 0.3) is 0 Å². The quantitative estimate of drug-likeness (QED) is 0.638. The fourth-order valence-electron chi connectivity index (χ4n) is 2.83. The van der Waals surface area contributed by atoms with Gasteiger partial charge in [0.15, 0.2) is 5.13 Å². The number of aromatic nitrogens is 3. The third-order valence-electron chi connectivity index (χ3n) is 4.28. The summed E-state index contributed by atoms with van der Waals surface area (Å²) in [5.41, 5.74) is 4.31. The Morgan fingerprint density at radius 3 is 2.76 bits per heavy atom. The summed E-state index contributed by atoms with van der Waals surface area (Å²) in [4.78, 5) is 16.5. The van der Waals surface area contributed by atoms with Gasteiger partial charge in [-0.05, 0) is 38.0 Å². The van der Waals surface area contributed by atoms with Crippen LogP contribution in [-0.2, 0) is 18.3 Å². The number of nitrogens with zero attached hydrogens (tertiary/aromatic N) is 3. The molecular formula is C18H23N5OS. The van der Waals surface area contributed by atoms with Gasteiger partial charge in [-0.25, -0.2) is 4.98 Å². The Morgan fingerprint density at radius 2 is 2.04 bits per heavy atom. The molecule has 0 aliphatic rings. The lowest BCUT2D eigenvalue weighted by atomic mass is 10.1. The molecule has 1 aromatic carbocycles. The van der Waals surface area contributed by atoms with Crippen molar-refractivity contribution in [2.45, 2.75) is 26.7 Å². The normalized spacial score (nSPS) is 11.0. The number of carbonyl (C=O) groups excluding carboxylic acids is 1. The first-order valence-corrected chi connectivity index (χ1v) is 9.21. The number of fused-ring (bicyclic) bond motifs is 1. The summed E-state index contributed by atoms with van der Waals surface area (Å²) in [6.07, 6.45) is 1.21. The smallest absolute Gasteiger partial charge is 0.220 e. The number of para-hydroxylation sites is 1. The second kappa shape index (κ2) is 7.65. The number of thiazole rings is 1. The highest BCUT2D eigenvalue weighted by Gasteiger charge is 2.11. The molecule has 2 heterocycles. The third kappa shape index (κ3) is 4.17. The van der Waals surface area contributed by atoms with Gasteiger partial charge in [0.1, 0.15) is 0 Å². The summed E-state index contributed by atoms with van der Waals surface area (Å²) < 4.78 is 3.03. The standard InChI is InChI=1S/C18H23N5OS/c1-12-14(13(2)23(3)22-12)8-9-17(24)19-10-11-20-18-21-15-6-4-5-7-16(15)25-18/h4-7H,8-11H2,1-3H3,(H,19,24)(H,20,21). The number of amides is 1. The van der Waals surface area contributed by atoms with Gasteiger partial charge in [0.05, 0.1) is 15.9 Å². The number of hydrogen-bond acceptors (Lipinski definition) is 5. The Hall–Kier alpha value is -2.41. The van der Waals surface area contributed by atoms with E-state index in [1.165, 1.54) is 5.56 Å². The summed E-state index contributed by atoms with van der Waals surface area (Å²) in [5.74, 6) is 0.0637. The maximum atomic E-state index is 12.0. The molecular weight excluding hydrogens is 334 g/mol. The number of anilines is 1. The van der Waals surface area contributed by atoms with E-state index in [9.17, 15) is 4.79 Å². The maximum absolute atomic E-state index is 12.0. The summed E-state index contributed by atoms with van der Waals surface area (Å²) in [7, 11) is 1.93. The van der Waals surface area contributed by atoms with Crippen molar-refractivity contribution in [1.82, 2.24) is 20.1 Å². The minimum absolute atomic E-state index is 0.0637. The van der Waals surface area contributed by atoms with Crippen LogP contribution in [0.25, 0.3) is 10.2 Å². The predicted molar refractivity (Wildman–Crippen MR) is 102 cm³/mol. The second-order valence-electron chi connectivity index (χ2n) is 6.04. The molecule has 2 aromatic heterocycles. The van der Waals surface area contributed by atoms with Gasteiger partial charge >= 0.3 is 0 Å². The van der Waals surface area contributed by atoms with Gasteiger partial charge in [-0.2, -0.15) is 5.10 Å². The molecule has 0 aliphatic carbocycles. The van der Waals surface area contributed by atoms with Crippen molar-refractivity contribution in [1.29, 1.82) is 0 Å². The summed E-state index contributed by atoms with van der Waals surface area (Å²) in [6, 6.07) is 8.05. The SMILES string of the molecule is Cc1nn(C)c(C)c1CCC(=O)NCCNc1nc2ccccc2s1. The molecule has 6 nitrogen and oxygen atoms in total. The monoisotopic (exact) mass is 357 g/mol. The third-order valence-corrected chi connectivity index (χ3v) is 5.27. The molecule has 3 rings (SSSR count). The highest BCUT2D eigenvalue weighted by Crippen LogP contribution is 2.24. The van der Waals surface area contributed by atoms with Crippen molar-refractivity contribution in [3.05, 3.63) is 41.2 Å². The second-order valence-corrected chi connectivity index (χ2v) is 7.07. The van der Waals surface area contributed by atoms with E-state index in [4.69, 9.17) is 0 Å². The summed E-state index contributed by atoms with van der Waals surface area (Å²) >= 11 is 1.62. The van der Waals surface area contributed by atoms with E-state index in [0.717, 1.165) is 33.2 Å². The topological polar surface area (TPSA) is 71.8 Å². The zero-order chi connectivity index (χ0) is 17.8. The molecule has 0 saturated heterocycles. The summed E-state index contributed by atoms with van der Waals surface area (Å²) in [5, 5.41) is 11.5. The lowest BCUT2D eigenvalue weighted by Crippen LogP contribution is -2.28. The molecule has 0 aliphatic heterocycles. The van der Waals surface area contributed by atoms with Gasteiger partial charge in [0, 0.05) is 32.3 Å². The average molecular weight is 357 g/mol. The van der Waals surface area contributed by atoms with E-state index < -0.39 is 0 Å². The molecule has 0 radical (unpaired) electrons. The van der Waals surface area contributed by atoms with Crippen LogP contribution in [0.1, 0.15) is 23.4 Å². The van der Waals surface area contributed by atoms with Crippen LogP contribution in [0.4, 0.5) is 5.13 Å². The number of carbonyl (C=O) groups is 1. The molecule has 25 heavy (non-hydrogen) atoms. The van der Waals surface area contributed by atoms with Crippen molar-refractivity contribution in [2.75, 3.05) is 18.4 Å². The van der Waals surface area contributed by atoms with Gasteiger partial charge in [-0.1, -0.05) is 23.5 Å². The van der Waals surface area contributed by atoms with E-state index in [1.807, 2.05) is 43.8 Å². The summed E-state index contributed by atoms with van der Waals surface area (Å²) in [6.45, 7) is 5.27. The van der Waals surface area contributed by atoms with Crippen molar-refractivity contribution in [2.24, 2.45) is 7.05 Å². The van der Waals surface area contributed by atoms with Crippen LogP contribution in [0.3, 0.4) is 0 Å². The van der Waals surface area contributed by atoms with Crippen molar-refractivity contribution in [3.63, 3.8) is 0 Å². The maximum Gasteiger partial charge on any atom is 0.220 e. The van der Waals surface area contributed by atoms with E-state index in [2.05, 4.69) is 26.8 Å². The van der Waals surface area contributed by atoms with Crippen LogP contribution in [0.15, 0.2) is 24.3 Å². The molecule has 0 fully saturated rings. The molecule has 0 spiro atoms. The Bertz CT molecular complexity index is 850. The van der Waals surface area contributed by atoms with Gasteiger partial charge in [-0.3, -0.25) is 9.48 Å². The highest BCUT2D eigenvalue weighted by molar-refractivity contribution is 7.22. The van der Waals surface area contributed by atoms with Gasteiger partial charge in [-0.15, -0.1) is 0 Å². The van der Waals surface area contributed by atoms with Crippen LogP contribution in [0, 0.1) is 13.8 Å². The minimum atomic E-state index is 0.0637. The van der Waals surface area contributed by atoms with E-state index >= 15 is 0 Å². The van der Waals surface area contributed by atoms with Crippen LogP contribution in [0.2, 0.25) is 0 Å². The lowest BCUT2D eigenvalue weighted by molar-refractivity contribution is -0.120. The highest BCUT2D eigenvalue weighted by atomic mass is 32.1. The number of nitrogens with one attached hydrogen (secondary N) is 2. The van der Waals surface area contributed by atoms with Crippen LogP contribution >= 0.6 is 11.3 Å². The van der Waals surface area contributed by atoms with E-state index in [1.54, 1.807) is 11.3 Å². The largest absolute Gasteiger partial charge is 0.360 e. The Kier molecular flexibility index (Phi) is 5.33. The molecule has 0 saturated carbocycles. The van der Waals surface area contributed by atoms with Gasteiger partial charge in [0.2, 0.25) is 5.91 Å². The minimum Gasteiger partial charge on any atom is -0.360 e. The Labute approximate surface area is 151 Å². The van der Waals surface area contributed by atoms with E-state index in [-0.39, 0.29) is 5.91 Å². The fourth-order valence-corrected chi connectivity index (χ4v) is 3.72. The zero-order valence-electron chi connectivity index (χ0n) is 14.8. The van der Waals surface area contributed by atoms with Gasteiger partial charge < -0.3 is 10.6 Å². The average Bonchev–Trinajstić information content (AvgIpc) is 3.11.